The predicted octanol–water partition coefficient (Wildman–Crippen LogP) is 0.0246. The number of nitrogens with one attached hydrogen (secondary N) is 2. The molecule has 0 radical (unpaired) electrons. The first-order chi connectivity index (χ1) is 18.5. The maximum atomic E-state index is 13.5. The van der Waals surface area contributed by atoms with Crippen LogP contribution in [0.25, 0.3) is 0 Å². The molecule has 0 spiro atoms. The molecule has 2 aromatic rings. The molecule has 208 valence electrons. The average molecular weight is 541 g/mol. The van der Waals surface area contributed by atoms with Crippen molar-refractivity contribution < 1.29 is 39.3 Å². The van der Waals surface area contributed by atoms with E-state index < -0.39 is 60.2 Å². The zero-order chi connectivity index (χ0) is 28.5. The number of phenolic OH excluding ortho intramolecular Hbond substituents is 1. The second-order valence-corrected chi connectivity index (χ2v) is 9.41. The van der Waals surface area contributed by atoms with E-state index in [1.807, 2.05) is 0 Å². The molecule has 1 aliphatic heterocycles. The summed E-state index contributed by atoms with van der Waals surface area (Å²) < 4.78 is 0. The van der Waals surface area contributed by atoms with Gasteiger partial charge in [-0.25, -0.2) is 4.79 Å². The molecule has 2 aromatic carbocycles. The summed E-state index contributed by atoms with van der Waals surface area (Å²) in [5, 5.41) is 33.3. The highest BCUT2D eigenvalue weighted by molar-refractivity contribution is 5.95. The van der Waals surface area contributed by atoms with Crippen molar-refractivity contribution in [2.24, 2.45) is 5.73 Å². The van der Waals surface area contributed by atoms with Gasteiger partial charge in [-0.05, 0) is 36.1 Å². The van der Waals surface area contributed by atoms with E-state index in [0.717, 1.165) is 0 Å². The summed E-state index contributed by atoms with van der Waals surface area (Å²) in [4.78, 5) is 63.6. The Hall–Kier alpha value is -4.45. The Bertz CT molecular complexity index is 1190. The molecular formula is C27H32N4O8. The number of carbonyl (C=O) groups is 5. The Kier molecular flexibility index (Phi) is 9.98. The van der Waals surface area contributed by atoms with Crippen molar-refractivity contribution in [1.29, 1.82) is 0 Å². The van der Waals surface area contributed by atoms with Gasteiger partial charge in [0, 0.05) is 19.4 Å². The number of nitrogens with zero attached hydrogens (tertiary/aromatic N) is 1. The minimum atomic E-state index is -1.40. The number of likely N-dealkylation sites (tertiary alicyclic amines) is 1. The van der Waals surface area contributed by atoms with Crippen LogP contribution in [0.4, 0.5) is 0 Å². The number of hydrogen-bond donors (Lipinski definition) is 6. The van der Waals surface area contributed by atoms with Gasteiger partial charge in [0.2, 0.25) is 17.7 Å². The molecule has 4 unspecified atom stereocenters. The third-order valence-electron chi connectivity index (χ3n) is 6.46. The predicted molar refractivity (Wildman–Crippen MR) is 138 cm³/mol. The molecule has 0 aromatic heterocycles. The lowest BCUT2D eigenvalue weighted by Crippen LogP contribution is -2.58. The van der Waals surface area contributed by atoms with E-state index >= 15 is 0 Å². The monoisotopic (exact) mass is 540 g/mol. The number of hydrogen-bond acceptors (Lipinski definition) is 7. The highest BCUT2D eigenvalue weighted by atomic mass is 16.4. The molecular weight excluding hydrogens is 508 g/mol. The van der Waals surface area contributed by atoms with Gasteiger partial charge in [-0.2, -0.15) is 0 Å². The minimum Gasteiger partial charge on any atom is -0.508 e. The van der Waals surface area contributed by atoms with Crippen molar-refractivity contribution in [1.82, 2.24) is 15.5 Å². The van der Waals surface area contributed by atoms with Crippen molar-refractivity contribution in [2.45, 2.75) is 56.3 Å². The van der Waals surface area contributed by atoms with Gasteiger partial charge in [0.05, 0.1) is 12.5 Å². The van der Waals surface area contributed by atoms with Crippen molar-refractivity contribution >= 4 is 29.7 Å². The molecule has 1 heterocycles. The third-order valence-corrected chi connectivity index (χ3v) is 6.46. The van der Waals surface area contributed by atoms with E-state index in [9.17, 15) is 34.2 Å². The molecule has 3 rings (SSSR count). The van der Waals surface area contributed by atoms with Crippen LogP contribution in [0.15, 0.2) is 54.6 Å². The van der Waals surface area contributed by atoms with Gasteiger partial charge >= 0.3 is 11.9 Å². The molecule has 1 saturated heterocycles. The fourth-order valence-electron chi connectivity index (χ4n) is 4.45. The number of carboxylic acid groups (broad SMARTS) is 2. The molecule has 7 N–H and O–H groups in total. The lowest BCUT2D eigenvalue weighted by atomic mass is 10.0. The normalized spacial score (nSPS) is 17.1. The largest absolute Gasteiger partial charge is 0.508 e. The lowest BCUT2D eigenvalue weighted by molar-refractivity contribution is -0.149. The third kappa shape index (κ3) is 8.27. The SMILES string of the molecule is NC(CC(=O)O)C(=O)NC(Cc1ccccc1)C(=O)NC(Cc1ccc(O)cc1)C(=O)N1CCCC1C(=O)O. The highest BCUT2D eigenvalue weighted by Crippen LogP contribution is 2.20. The number of carbonyl (C=O) groups excluding carboxylic acids is 3. The van der Waals surface area contributed by atoms with Crippen LogP contribution in [0.2, 0.25) is 0 Å². The first-order valence-corrected chi connectivity index (χ1v) is 12.5. The second-order valence-electron chi connectivity index (χ2n) is 9.41. The van der Waals surface area contributed by atoms with Gasteiger partial charge < -0.3 is 36.6 Å². The molecule has 0 aliphatic carbocycles. The maximum Gasteiger partial charge on any atom is 0.326 e. The summed E-state index contributed by atoms with van der Waals surface area (Å²) in [6.45, 7) is 0.214. The van der Waals surface area contributed by atoms with Gasteiger partial charge in [-0.3, -0.25) is 19.2 Å². The van der Waals surface area contributed by atoms with Crippen molar-refractivity contribution in [2.75, 3.05) is 6.54 Å². The summed E-state index contributed by atoms with van der Waals surface area (Å²) >= 11 is 0. The molecule has 39 heavy (non-hydrogen) atoms. The number of carboxylic acids is 2. The van der Waals surface area contributed by atoms with E-state index in [-0.39, 0.29) is 31.6 Å². The van der Waals surface area contributed by atoms with Gasteiger partial charge in [-0.1, -0.05) is 42.5 Å². The summed E-state index contributed by atoms with van der Waals surface area (Å²) in [5.41, 5.74) is 6.98. The summed E-state index contributed by atoms with van der Waals surface area (Å²) in [5.74, 6) is -4.57. The zero-order valence-electron chi connectivity index (χ0n) is 21.2. The fraction of sp³-hybridized carbons (Fsp3) is 0.370. The van der Waals surface area contributed by atoms with Crippen molar-refractivity contribution in [3.8, 4) is 5.75 Å². The molecule has 4 atom stereocenters. The average Bonchev–Trinajstić information content (AvgIpc) is 3.39. The first-order valence-electron chi connectivity index (χ1n) is 12.5. The van der Waals surface area contributed by atoms with Crippen LogP contribution in [0.5, 0.6) is 5.75 Å². The number of benzene rings is 2. The van der Waals surface area contributed by atoms with Crippen LogP contribution < -0.4 is 16.4 Å². The Morgan fingerprint density at radius 1 is 0.872 bits per heavy atom. The van der Waals surface area contributed by atoms with Crippen LogP contribution in [-0.2, 0) is 36.8 Å². The number of phenols is 1. The minimum absolute atomic E-state index is 0.00176. The quantitative estimate of drug-likeness (QED) is 0.215. The Labute approximate surface area is 224 Å². The Morgan fingerprint density at radius 3 is 2.08 bits per heavy atom. The Balaban J connectivity index is 1.86. The zero-order valence-corrected chi connectivity index (χ0v) is 21.2. The second kappa shape index (κ2) is 13.4. The van der Waals surface area contributed by atoms with Gasteiger partial charge in [0.1, 0.15) is 23.9 Å². The lowest BCUT2D eigenvalue weighted by Gasteiger charge is -2.29. The summed E-state index contributed by atoms with van der Waals surface area (Å²) in [7, 11) is 0. The van der Waals surface area contributed by atoms with Crippen molar-refractivity contribution in [3.05, 3.63) is 65.7 Å². The summed E-state index contributed by atoms with van der Waals surface area (Å²) in [6.07, 6.45) is 0.170. The number of amides is 3. The standard InChI is InChI=1S/C27H32N4O8/c28-19(15-23(33)34)24(35)29-20(13-16-5-2-1-3-6-16)25(36)30-21(14-17-8-10-18(32)11-9-17)26(37)31-12-4-7-22(31)27(38)39/h1-3,5-6,8-11,19-22,32H,4,7,12-15,28H2,(H,29,35)(H,30,36)(H,33,34)(H,38,39). The maximum absolute atomic E-state index is 13.5. The molecule has 1 fully saturated rings. The molecule has 1 aliphatic rings. The van der Waals surface area contributed by atoms with E-state index in [4.69, 9.17) is 10.8 Å². The summed E-state index contributed by atoms with van der Waals surface area (Å²) in [6, 6.07) is 9.97. The highest BCUT2D eigenvalue weighted by Gasteiger charge is 2.38. The topological polar surface area (TPSA) is 199 Å². The van der Waals surface area contributed by atoms with Crippen LogP contribution in [-0.4, -0.2) is 80.6 Å². The van der Waals surface area contributed by atoms with Crippen LogP contribution in [0.1, 0.15) is 30.4 Å². The molecule has 12 heteroatoms. The van der Waals surface area contributed by atoms with Crippen LogP contribution >= 0.6 is 0 Å². The number of nitrogens with two attached hydrogens (primary N) is 1. The smallest absolute Gasteiger partial charge is 0.326 e. The van der Waals surface area contributed by atoms with Gasteiger partial charge in [0.25, 0.3) is 0 Å². The molecule has 0 saturated carbocycles. The van der Waals surface area contributed by atoms with E-state index in [1.165, 1.54) is 17.0 Å². The molecule has 0 bridgehead atoms. The van der Waals surface area contributed by atoms with Gasteiger partial charge in [0.15, 0.2) is 0 Å². The molecule has 3 amide bonds. The van der Waals surface area contributed by atoms with Crippen molar-refractivity contribution in [3.63, 3.8) is 0 Å². The Morgan fingerprint density at radius 2 is 1.46 bits per heavy atom. The number of rotatable bonds is 12. The number of aromatic hydroxyl groups is 1. The molecule has 12 nitrogen and oxygen atoms in total. The van der Waals surface area contributed by atoms with E-state index in [2.05, 4.69) is 10.6 Å². The van der Waals surface area contributed by atoms with E-state index in [0.29, 0.717) is 17.5 Å². The van der Waals surface area contributed by atoms with Crippen LogP contribution in [0.3, 0.4) is 0 Å². The fourth-order valence-corrected chi connectivity index (χ4v) is 4.45. The first kappa shape index (κ1) is 29.1. The number of aliphatic carboxylic acids is 2. The van der Waals surface area contributed by atoms with Gasteiger partial charge in [-0.15, -0.1) is 0 Å². The van der Waals surface area contributed by atoms with E-state index in [1.54, 1.807) is 42.5 Å². The van der Waals surface area contributed by atoms with Crippen LogP contribution in [0, 0.1) is 0 Å².